The van der Waals surface area contributed by atoms with Gasteiger partial charge in [0.1, 0.15) is 22.0 Å². The van der Waals surface area contributed by atoms with Crippen molar-refractivity contribution >= 4 is 23.5 Å². The molecule has 2 spiro atoms. The molecule has 0 saturated heterocycles. The standard InChI is InChI=1S/C32H28N2O6/c1-15(2)17-11-21-23(27(37)39-5)26(36)30(14-34)20-8-10-32-22(12-18(20)16(3)4)24(28(38)40-6)25(35)29(32,13-33)19(17)7-9-31(21,30)32/h7-12,15-16,19-20H,1-6H3/t19-,20+,29+,30-,31+,32-. The highest BCUT2D eigenvalue weighted by Gasteiger charge is 2.87. The Kier molecular flexibility index (Phi) is 4.97. The highest BCUT2D eigenvalue weighted by molar-refractivity contribution is 6.28. The van der Waals surface area contributed by atoms with Crippen molar-refractivity contribution in [3.8, 4) is 12.1 Å². The minimum Gasteiger partial charge on any atom is -0.465 e. The second-order valence-electron chi connectivity index (χ2n) is 11.9. The number of ether oxygens (including phenoxy) is 2. The fourth-order valence-electron chi connectivity index (χ4n) is 8.80. The summed E-state index contributed by atoms with van der Waals surface area (Å²) in [6.07, 6.45) is 10.5. The van der Waals surface area contributed by atoms with E-state index in [1.807, 2.05) is 27.7 Å². The molecule has 202 valence electrons. The zero-order valence-electron chi connectivity index (χ0n) is 23.1. The Morgan fingerprint density at radius 3 is 1.38 bits per heavy atom. The third kappa shape index (κ3) is 2.18. The van der Waals surface area contributed by atoms with Crippen LogP contribution in [0.4, 0.5) is 0 Å². The lowest BCUT2D eigenvalue weighted by Crippen LogP contribution is -2.65. The largest absolute Gasteiger partial charge is 0.465 e. The summed E-state index contributed by atoms with van der Waals surface area (Å²) in [6.45, 7) is 7.61. The fraction of sp³-hybridized carbons (Fsp3) is 0.438. The van der Waals surface area contributed by atoms with Crippen LogP contribution >= 0.6 is 0 Å². The second kappa shape index (κ2) is 7.67. The van der Waals surface area contributed by atoms with Crippen LogP contribution in [0.2, 0.25) is 0 Å². The smallest absolute Gasteiger partial charge is 0.341 e. The van der Waals surface area contributed by atoms with Gasteiger partial charge in [-0.05, 0) is 23.0 Å². The van der Waals surface area contributed by atoms with E-state index in [4.69, 9.17) is 9.47 Å². The predicted octanol–water partition coefficient (Wildman–Crippen LogP) is 3.65. The van der Waals surface area contributed by atoms with E-state index in [-0.39, 0.29) is 34.1 Å². The molecule has 8 rings (SSSR count). The molecule has 8 aliphatic rings. The molecule has 0 fully saturated rings. The molecule has 8 nitrogen and oxygen atoms in total. The van der Waals surface area contributed by atoms with Crippen molar-refractivity contribution in [2.75, 3.05) is 14.2 Å². The van der Waals surface area contributed by atoms with Crippen LogP contribution in [0.25, 0.3) is 0 Å². The number of ketones is 2. The van der Waals surface area contributed by atoms with Crippen LogP contribution in [0.5, 0.6) is 0 Å². The number of Topliss-reactive ketones (excluding diaryl/α,β-unsaturated/α-hetero) is 2. The molecule has 6 atom stereocenters. The monoisotopic (exact) mass is 536 g/mol. The van der Waals surface area contributed by atoms with E-state index in [1.165, 1.54) is 14.2 Å². The molecule has 4 bridgehead atoms. The van der Waals surface area contributed by atoms with Crippen molar-refractivity contribution in [1.29, 1.82) is 10.5 Å². The second-order valence-corrected chi connectivity index (χ2v) is 11.9. The molecule has 0 aromatic carbocycles. The van der Waals surface area contributed by atoms with E-state index in [0.29, 0.717) is 11.1 Å². The number of carbonyl (C=O) groups is 4. The SMILES string of the molecule is COC(=O)C1=C2C=C(C(C)C)[C@@H]3C=C[C@@]24[C@@]25C=C[C@H](C(C(C)C)=CC2=C(C(=O)OC)C(=O)[C@@]35C#N)[C@@]4(C#N)C1=O. The predicted molar refractivity (Wildman–Crippen MR) is 140 cm³/mol. The molecular weight excluding hydrogens is 508 g/mol. The summed E-state index contributed by atoms with van der Waals surface area (Å²) in [5.74, 6) is -5.19. The van der Waals surface area contributed by atoms with Crippen molar-refractivity contribution in [3.63, 3.8) is 0 Å². The summed E-state index contributed by atoms with van der Waals surface area (Å²) in [5, 5.41) is 22.3. The van der Waals surface area contributed by atoms with E-state index in [2.05, 4.69) is 12.1 Å². The van der Waals surface area contributed by atoms with Gasteiger partial charge in [0.05, 0.1) is 37.2 Å². The van der Waals surface area contributed by atoms with Crippen LogP contribution in [-0.4, -0.2) is 37.7 Å². The first-order valence-corrected chi connectivity index (χ1v) is 13.3. The molecule has 8 aliphatic carbocycles. The van der Waals surface area contributed by atoms with Gasteiger partial charge in [-0.2, -0.15) is 10.5 Å². The lowest BCUT2D eigenvalue weighted by molar-refractivity contribution is -0.144. The lowest BCUT2D eigenvalue weighted by Gasteiger charge is -2.61. The van der Waals surface area contributed by atoms with Crippen LogP contribution in [0, 0.1) is 68.0 Å². The Hall–Kier alpha value is -4.30. The van der Waals surface area contributed by atoms with Crippen LogP contribution in [-0.2, 0) is 28.7 Å². The normalized spacial score (nSPS) is 37.8. The van der Waals surface area contributed by atoms with Gasteiger partial charge in [-0.25, -0.2) is 9.59 Å². The van der Waals surface area contributed by atoms with Crippen molar-refractivity contribution < 1.29 is 28.7 Å². The van der Waals surface area contributed by atoms with E-state index in [0.717, 1.165) is 0 Å². The molecule has 0 heterocycles. The highest BCUT2D eigenvalue weighted by atomic mass is 16.5. The molecule has 0 aliphatic heterocycles. The van der Waals surface area contributed by atoms with Crippen LogP contribution < -0.4 is 0 Å². The maximum absolute atomic E-state index is 14.7. The first-order valence-electron chi connectivity index (χ1n) is 13.3. The van der Waals surface area contributed by atoms with Gasteiger partial charge in [0.15, 0.2) is 11.6 Å². The van der Waals surface area contributed by atoms with Crippen molar-refractivity contribution in [2.24, 2.45) is 45.3 Å². The van der Waals surface area contributed by atoms with Gasteiger partial charge in [-0.3, -0.25) is 9.59 Å². The number of nitrogens with zero attached hydrogens (tertiary/aromatic N) is 2. The molecule has 40 heavy (non-hydrogen) atoms. The number of carbonyl (C=O) groups excluding carboxylic acids is 4. The average Bonchev–Trinajstić information content (AvgIpc) is 3.08. The summed E-state index contributed by atoms with van der Waals surface area (Å²) in [5.41, 5.74) is -5.82. The Bertz CT molecular complexity index is 1530. The van der Waals surface area contributed by atoms with E-state index in [1.54, 1.807) is 36.5 Å². The van der Waals surface area contributed by atoms with Gasteiger partial charge in [0.2, 0.25) is 0 Å². The fourth-order valence-corrected chi connectivity index (χ4v) is 8.80. The van der Waals surface area contributed by atoms with Gasteiger partial charge < -0.3 is 9.47 Å². The minimum absolute atomic E-state index is 0.214. The highest BCUT2D eigenvalue weighted by Crippen LogP contribution is 2.83. The summed E-state index contributed by atoms with van der Waals surface area (Å²) in [4.78, 5) is 56.3. The molecule has 0 aromatic rings. The maximum Gasteiger partial charge on any atom is 0.341 e. The van der Waals surface area contributed by atoms with Crippen LogP contribution in [0.3, 0.4) is 0 Å². The van der Waals surface area contributed by atoms with E-state index < -0.39 is 57.0 Å². The van der Waals surface area contributed by atoms with E-state index in [9.17, 15) is 29.7 Å². The molecule has 0 unspecified atom stereocenters. The maximum atomic E-state index is 14.7. The number of nitriles is 2. The Morgan fingerprint density at radius 1 is 0.750 bits per heavy atom. The Morgan fingerprint density at radius 2 is 1.10 bits per heavy atom. The number of esters is 2. The lowest BCUT2D eigenvalue weighted by atomic mass is 9.35. The Labute approximate surface area is 232 Å². The topological polar surface area (TPSA) is 134 Å². The first-order chi connectivity index (χ1) is 18.9. The van der Waals surface area contributed by atoms with Gasteiger partial charge in [0, 0.05) is 11.8 Å². The van der Waals surface area contributed by atoms with Crippen molar-refractivity contribution in [3.05, 3.63) is 69.9 Å². The number of hydrogen-bond acceptors (Lipinski definition) is 8. The zero-order valence-corrected chi connectivity index (χ0v) is 23.1. The minimum atomic E-state index is -1.92. The number of rotatable bonds is 4. The number of allylic oxidation sites excluding steroid dienone is 10. The molecule has 0 N–H and O–H groups in total. The molecule has 0 radical (unpaired) electrons. The Balaban J connectivity index is 1.96. The molecular formula is C32H28N2O6. The third-order valence-electron chi connectivity index (χ3n) is 10.2. The average molecular weight is 537 g/mol. The molecule has 0 amide bonds. The summed E-state index contributed by atoms with van der Waals surface area (Å²) >= 11 is 0. The molecule has 8 heteroatoms. The van der Waals surface area contributed by atoms with Gasteiger partial charge >= 0.3 is 11.9 Å². The number of hydrogen-bond donors (Lipinski definition) is 0. The van der Waals surface area contributed by atoms with Crippen LogP contribution in [0.1, 0.15) is 27.7 Å². The van der Waals surface area contributed by atoms with Gasteiger partial charge in [-0.1, -0.05) is 75.3 Å². The summed E-state index contributed by atoms with van der Waals surface area (Å²) in [7, 11) is 2.35. The van der Waals surface area contributed by atoms with Gasteiger partial charge in [-0.15, -0.1) is 0 Å². The van der Waals surface area contributed by atoms with Crippen LogP contribution in [0.15, 0.2) is 69.9 Å². The van der Waals surface area contributed by atoms with Crippen molar-refractivity contribution in [2.45, 2.75) is 27.7 Å². The quantitative estimate of drug-likeness (QED) is 0.302. The third-order valence-corrected chi connectivity index (χ3v) is 10.2. The molecule has 0 saturated carbocycles. The molecule has 0 aromatic heterocycles. The van der Waals surface area contributed by atoms with E-state index >= 15 is 0 Å². The zero-order chi connectivity index (χ0) is 29.2. The summed E-state index contributed by atoms with van der Waals surface area (Å²) < 4.78 is 10.2. The van der Waals surface area contributed by atoms with Crippen molar-refractivity contribution in [1.82, 2.24) is 0 Å². The first kappa shape index (κ1) is 26.0. The van der Waals surface area contributed by atoms with Gasteiger partial charge in [0.25, 0.3) is 0 Å². The number of methoxy groups -OCH3 is 2. The summed E-state index contributed by atoms with van der Waals surface area (Å²) in [6, 6.07) is 4.72.